The largest absolute Gasteiger partial charge is 0.668 e. The molecule has 0 aliphatic heterocycles. The summed E-state index contributed by atoms with van der Waals surface area (Å²) in [5, 5.41) is 14.1. The topological polar surface area (TPSA) is 80.9 Å². The predicted molar refractivity (Wildman–Crippen MR) is 144 cm³/mol. The minimum Gasteiger partial charge on any atom is -0.385 e. The van der Waals surface area contributed by atoms with Gasteiger partial charge in [0, 0.05) is 11.1 Å². The van der Waals surface area contributed by atoms with E-state index in [1.54, 1.807) is 60.7 Å². The van der Waals surface area contributed by atoms with Crippen molar-refractivity contribution in [1.82, 2.24) is 0 Å². The highest BCUT2D eigenvalue weighted by Crippen LogP contribution is 2.50. The molecule has 0 spiro atoms. The fourth-order valence-corrected chi connectivity index (χ4v) is 4.88. The molecule has 0 bridgehead atoms. The van der Waals surface area contributed by atoms with E-state index in [4.69, 9.17) is 13.7 Å². The van der Waals surface area contributed by atoms with Gasteiger partial charge < -0.3 is 9.05 Å². The molecule has 1 aliphatic carbocycles. The van der Waals surface area contributed by atoms with Crippen LogP contribution >= 0.6 is 7.82 Å². The van der Waals surface area contributed by atoms with Crippen molar-refractivity contribution in [3.8, 4) is 17.6 Å². The number of hydrogen-bond acceptors (Lipinski definition) is 6. The van der Waals surface area contributed by atoms with E-state index < -0.39 is 7.82 Å². The molecule has 0 N–H and O–H groups in total. The van der Waals surface area contributed by atoms with Gasteiger partial charge >= 0.3 is 7.82 Å². The quantitative estimate of drug-likeness (QED) is 0.146. The van der Waals surface area contributed by atoms with Crippen LogP contribution < -0.4 is 9.05 Å². The minimum absolute atomic E-state index is 0.313. The van der Waals surface area contributed by atoms with Crippen molar-refractivity contribution < 1.29 is 18.2 Å². The number of fused-ring (bicyclic) bond motifs is 1. The predicted octanol–water partition coefficient (Wildman–Crippen LogP) is 7.68. The van der Waals surface area contributed by atoms with Crippen molar-refractivity contribution in [1.29, 1.82) is 5.26 Å². The molecule has 6 nitrogen and oxygen atoms in total. The Kier molecular flexibility index (Phi) is 6.98. The molecular weight excluding hydrogens is 483 g/mol. The van der Waals surface area contributed by atoms with Gasteiger partial charge in [0.1, 0.15) is 23.3 Å². The third kappa shape index (κ3) is 5.54. The number of nitriles is 1. The van der Waals surface area contributed by atoms with Crippen LogP contribution in [0.3, 0.4) is 0 Å². The molecule has 1 aliphatic rings. The van der Waals surface area contributed by atoms with Crippen molar-refractivity contribution in [2.24, 2.45) is 5.16 Å². The van der Waals surface area contributed by atoms with Crippen LogP contribution in [0.15, 0.2) is 133 Å². The van der Waals surface area contributed by atoms with Gasteiger partial charge in [0.25, 0.3) is 0 Å². The van der Waals surface area contributed by atoms with Gasteiger partial charge in [0.15, 0.2) is 0 Å². The number of hydrogen-bond donors (Lipinski definition) is 0. The van der Waals surface area contributed by atoms with Gasteiger partial charge in [-0.25, -0.2) is 0 Å². The lowest BCUT2D eigenvalue weighted by molar-refractivity contribution is 0.218. The van der Waals surface area contributed by atoms with Gasteiger partial charge in [0.05, 0.1) is 5.57 Å². The van der Waals surface area contributed by atoms with E-state index >= 15 is 0 Å². The molecule has 4 aromatic rings. The Hall–Kier alpha value is -4.85. The zero-order valence-electron chi connectivity index (χ0n) is 19.6. The first-order valence-electron chi connectivity index (χ1n) is 11.5. The molecule has 180 valence electrons. The maximum absolute atomic E-state index is 13.7. The van der Waals surface area contributed by atoms with E-state index in [1.807, 2.05) is 66.7 Å². The standard InChI is InChI=1S/C30H21N2O4P/c31-22-29(23-12-4-1-5-13-23)27-20-21-30(28-19-11-10-18-26(27)28)32-36-37(33,34-24-14-6-2-7-15-24)35-25-16-8-3-9-17-25/h1-21H. The summed E-state index contributed by atoms with van der Waals surface area (Å²) >= 11 is 0. The van der Waals surface area contributed by atoms with Gasteiger partial charge in [-0.15, -0.1) is 0 Å². The molecule has 0 radical (unpaired) electrons. The highest BCUT2D eigenvalue weighted by molar-refractivity contribution is 7.49. The van der Waals surface area contributed by atoms with Gasteiger partial charge in [-0.05, 0) is 41.5 Å². The van der Waals surface area contributed by atoms with Crippen LogP contribution in [0.1, 0.15) is 16.7 Å². The molecule has 0 unspecified atom stereocenters. The van der Waals surface area contributed by atoms with Crippen LogP contribution in [0.2, 0.25) is 0 Å². The number of phosphoric acid groups is 1. The van der Waals surface area contributed by atoms with Gasteiger partial charge in [-0.3, -0.25) is 4.62 Å². The zero-order valence-corrected chi connectivity index (χ0v) is 20.5. The highest BCUT2D eigenvalue weighted by atomic mass is 31.2. The Balaban J connectivity index is 1.52. The summed E-state index contributed by atoms with van der Waals surface area (Å²) in [6.07, 6.45) is 3.52. The van der Waals surface area contributed by atoms with Crippen LogP contribution in [0, 0.1) is 11.3 Å². The summed E-state index contributed by atoms with van der Waals surface area (Å²) in [5.41, 5.74) is 4.04. The molecule has 0 fully saturated rings. The van der Waals surface area contributed by atoms with Gasteiger partial charge in [-0.1, -0.05) is 102 Å². The molecule has 4 aromatic carbocycles. The molecular formula is C30H21N2O4P. The van der Waals surface area contributed by atoms with Gasteiger partial charge in [0.2, 0.25) is 0 Å². The van der Waals surface area contributed by atoms with Crippen molar-refractivity contribution in [3.63, 3.8) is 0 Å². The Morgan fingerprint density at radius 1 is 0.676 bits per heavy atom. The smallest absolute Gasteiger partial charge is 0.385 e. The van der Waals surface area contributed by atoms with E-state index in [0.717, 1.165) is 22.3 Å². The molecule has 0 atom stereocenters. The molecule has 5 rings (SSSR count). The second-order valence-corrected chi connectivity index (χ2v) is 9.38. The maximum atomic E-state index is 13.7. The number of para-hydroxylation sites is 2. The molecule has 0 amide bonds. The summed E-state index contributed by atoms with van der Waals surface area (Å²) < 4.78 is 30.5. The van der Waals surface area contributed by atoms with Crippen LogP contribution in [-0.4, -0.2) is 5.71 Å². The number of phosphoric ester groups is 1. The van der Waals surface area contributed by atoms with E-state index in [1.165, 1.54) is 0 Å². The van der Waals surface area contributed by atoms with Crippen molar-refractivity contribution in [3.05, 3.63) is 144 Å². The normalized spacial score (nSPS) is 14.8. The Morgan fingerprint density at radius 3 is 1.76 bits per heavy atom. The summed E-state index contributed by atoms with van der Waals surface area (Å²) in [6.45, 7) is 0. The second-order valence-electron chi connectivity index (χ2n) is 7.96. The van der Waals surface area contributed by atoms with Crippen LogP contribution in [0.5, 0.6) is 11.5 Å². The first-order chi connectivity index (χ1) is 18.1. The maximum Gasteiger partial charge on any atom is 0.668 e. The lowest BCUT2D eigenvalue weighted by Gasteiger charge is -2.19. The van der Waals surface area contributed by atoms with Crippen LogP contribution in [0.4, 0.5) is 0 Å². The summed E-state index contributed by atoms with van der Waals surface area (Å²) in [6, 6.07) is 36.6. The third-order valence-corrected chi connectivity index (χ3v) is 6.66. The molecule has 0 heterocycles. The van der Waals surface area contributed by atoms with Crippen molar-refractivity contribution >= 4 is 24.7 Å². The SMILES string of the molecule is N#CC(=C1C=CC(=NOP(=O)(Oc2ccccc2)Oc2ccccc2)c2ccccc21)c1ccccc1. The monoisotopic (exact) mass is 504 g/mol. The Labute approximate surface area is 215 Å². The van der Waals surface area contributed by atoms with Crippen LogP contribution in [-0.2, 0) is 9.19 Å². The second kappa shape index (κ2) is 10.8. The first kappa shape index (κ1) is 23.9. The summed E-state index contributed by atoms with van der Waals surface area (Å²) in [7, 11) is -4.22. The van der Waals surface area contributed by atoms with Crippen LogP contribution in [0.25, 0.3) is 11.1 Å². The lowest BCUT2D eigenvalue weighted by Crippen LogP contribution is -2.09. The third-order valence-electron chi connectivity index (χ3n) is 5.50. The molecule has 0 saturated heterocycles. The molecule has 7 heteroatoms. The first-order valence-corrected chi connectivity index (χ1v) is 12.9. The Bertz CT molecular complexity index is 1530. The fourth-order valence-electron chi connectivity index (χ4n) is 3.83. The fraction of sp³-hybridized carbons (Fsp3) is 0. The highest BCUT2D eigenvalue weighted by Gasteiger charge is 2.34. The average Bonchev–Trinajstić information content (AvgIpc) is 2.94. The summed E-state index contributed by atoms with van der Waals surface area (Å²) in [4.78, 5) is 0. The van der Waals surface area contributed by atoms with E-state index in [9.17, 15) is 9.83 Å². The number of nitrogens with zero attached hydrogens (tertiary/aromatic N) is 2. The molecule has 37 heavy (non-hydrogen) atoms. The van der Waals surface area contributed by atoms with E-state index in [0.29, 0.717) is 22.8 Å². The van der Waals surface area contributed by atoms with Crippen molar-refractivity contribution in [2.45, 2.75) is 0 Å². The number of oxime groups is 1. The number of benzene rings is 4. The number of rotatable bonds is 7. The van der Waals surface area contributed by atoms with E-state index in [-0.39, 0.29) is 0 Å². The lowest BCUT2D eigenvalue weighted by atomic mass is 9.87. The van der Waals surface area contributed by atoms with Gasteiger partial charge in [-0.2, -0.15) is 9.83 Å². The minimum atomic E-state index is -4.22. The molecule has 0 aromatic heterocycles. The zero-order chi connectivity index (χ0) is 25.5. The molecule has 0 saturated carbocycles. The average molecular weight is 504 g/mol. The number of allylic oxidation sites excluding steroid dienone is 4. The van der Waals surface area contributed by atoms with Crippen molar-refractivity contribution in [2.75, 3.05) is 0 Å². The summed E-state index contributed by atoms with van der Waals surface area (Å²) in [5.74, 6) is 0.626. The van der Waals surface area contributed by atoms with E-state index in [2.05, 4.69) is 11.2 Å². The Morgan fingerprint density at radius 2 is 1.19 bits per heavy atom.